The number of carbonyl (C=O) groups excluding carboxylic acids is 1. The SMILES string of the molecule is CC(C)c1nc(N(C)C)nc(N(C)CC(=O)Nc2ccc(Br)cn2)n1. The zero-order chi connectivity index (χ0) is 18.6. The van der Waals surface area contributed by atoms with Crippen LogP contribution in [0.3, 0.4) is 0 Å². The van der Waals surface area contributed by atoms with Crippen LogP contribution in [0.4, 0.5) is 17.7 Å². The normalized spacial score (nSPS) is 10.7. The van der Waals surface area contributed by atoms with Crippen LogP contribution in [0.1, 0.15) is 25.6 Å². The molecule has 8 nitrogen and oxygen atoms in total. The number of hydrogen-bond donors (Lipinski definition) is 1. The molecule has 2 aromatic heterocycles. The summed E-state index contributed by atoms with van der Waals surface area (Å²) in [4.78, 5) is 33.2. The first-order valence-corrected chi connectivity index (χ1v) is 8.61. The lowest BCUT2D eigenvalue weighted by Crippen LogP contribution is -2.32. The molecule has 134 valence electrons. The lowest BCUT2D eigenvalue weighted by Gasteiger charge is -2.20. The van der Waals surface area contributed by atoms with Gasteiger partial charge in [-0.1, -0.05) is 13.8 Å². The summed E-state index contributed by atoms with van der Waals surface area (Å²) in [7, 11) is 5.51. The second kappa shape index (κ2) is 8.19. The highest BCUT2D eigenvalue weighted by Gasteiger charge is 2.16. The quantitative estimate of drug-likeness (QED) is 0.785. The van der Waals surface area contributed by atoms with Crippen LogP contribution in [0.25, 0.3) is 0 Å². The fourth-order valence-corrected chi connectivity index (χ4v) is 2.15. The molecule has 9 heteroatoms. The minimum Gasteiger partial charge on any atom is -0.347 e. The second-order valence-corrected chi connectivity index (χ2v) is 7.02. The van der Waals surface area contributed by atoms with Gasteiger partial charge in [-0.15, -0.1) is 0 Å². The third kappa shape index (κ3) is 5.35. The Labute approximate surface area is 155 Å². The first-order chi connectivity index (χ1) is 11.8. The van der Waals surface area contributed by atoms with Crippen LogP contribution in [-0.2, 0) is 4.79 Å². The van der Waals surface area contributed by atoms with Crippen LogP contribution in [0.2, 0.25) is 0 Å². The van der Waals surface area contributed by atoms with Crippen LogP contribution in [-0.4, -0.2) is 53.5 Å². The van der Waals surface area contributed by atoms with E-state index in [0.717, 1.165) is 4.47 Å². The predicted molar refractivity (Wildman–Crippen MR) is 102 cm³/mol. The molecule has 0 saturated heterocycles. The molecule has 0 atom stereocenters. The van der Waals surface area contributed by atoms with Crippen molar-refractivity contribution in [3.63, 3.8) is 0 Å². The first-order valence-electron chi connectivity index (χ1n) is 7.82. The molecule has 0 aliphatic carbocycles. The Morgan fingerprint density at radius 2 is 1.84 bits per heavy atom. The summed E-state index contributed by atoms with van der Waals surface area (Å²) in [6.07, 6.45) is 1.63. The molecule has 0 fully saturated rings. The number of halogens is 1. The van der Waals surface area contributed by atoms with Gasteiger partial charge in [0, 0.05) is 37.7 Å². The third-order valence-electron chi connectivity index (χ3n) is 3.26. The van der Waals surface area contributed by atoms with Gasteiger partial charge >= 0.3 is 0 Å². The molecule has 1 amide bonds. The smallest absolute Gasteiger partial charge is 0.245 e. The Morgan fingerprint density at radius 1 is 1.16 bits per heavy atom. The second-order valence-electron chi connectivity index (χ2n) is 6.11. The number of carbonyl (C=O) groups is 1. The number of amides is 1. The van der Waals surface area contributed by atoms with Gasteiger partial charge < -0.3 is 15.1 Å². The van der Waals surface area contributed by atoms with Crippen LogP contribution in [0.5, 0.6) is 0 Å². The molecule has 1 N–H and O–H groups in total. The molecule has 0 aromatic carbocycles. The number of hydrogen-bond acceptors (Lipinski definition) is 7. The molecule has 0 unspecified atom stereocenters. The fourth-order valence-electron chi connectivity index (χ4n) is 1.92. The standard InChI is InChI=1S/C16H22BrN7O/c1-10(2)14-20-15(23(3)4)22-16(21-14)24(5)9-13(25)19-12-7-6-11(17)8-18-12/h6-8,10H,9H2,1-5H3,(H,18,19,25). The van der Waals surface area contributed by atoms with E-state index in [9.17, 15) is 4.79 Å². The van der Waals surface area contributed by atoms with E-state index < -0.39 is 0 Å². The largest absolute Gasteiger partial charge is 0.347 e. The van der Waals surface area contributed by atoms with Gasteiger partial charge in [-0.25, -0.2) is 4.98 Å². The van der Waals surface area contributed by atoms with Gasteiger partial charge in [0.25, 0.3) is 0 Å². The maximum atomic E-state index is 12.2. The van der Waals surface area contributed by atoms with Crippen molar-refractivity contribution < 1.29 is 4.79 Å². The van der Waals surface area contributed by atoms with Crippen molar-refractivity contribution in [1.29, 1.82) is 0 Å². The Balaban J connectivity index is 2.12. The Kier molecular flexibility index (Phi) is 6.24. The number of anilines is 3. The van der Waals surface area contributed by atoms with Crippen molar-refractivity contribution in [2.45, 2.75) is 19.8 Å². The molecule has 2 rings (SSSR count). The highest BCUT2D eigenvalue weighted by molar-refractivity contribution is 9.10. The molecule has 0 radical (unpaired) electrons. The van der Waals surface area contributed by atoms with Gasteiger partial charge in [-0.3, -0.25) is 4.79 Å². The summed E-state index contributed by atoms with van der Waals surface area (Å²) in [5.74, 6) is 2.17. The molecule has 0 aliphatic heterocycles. The van der Waals surface area contributed by atoms with E-state index in [1.54, 1.807) is 24.2 Å². The van der Waals surface area contributed by atoms with E-state index in [0.29, 0.717) is 23.5 Å². The van der Waals surface area contributed by atoms with E-state index in [4.69, 9.17) is 0 Å². The van der Waals surface area contributed by atoms with Crippen molar-refractivity contribution in [2.75, 3.05) is 42.8 Å². The number of nitrogens with one attached hydrogen (secondary N) is 1. The maximum absolute atomic E-state index is 12.2. The minimum atomic E-state index is -0.199. The monoisotopic (exact) mass is 407 g/mol. The number of aromatic nitrogens is 4. The number of pyridine rings is 1. The topological polar surface area (TPSA) is 87.1 Å². The van der Waals surface area contributed by atoms with Crippen LogP contribution < -0.4 is 15.1 Å². The Bertz CT molecular complexity index is 708. The van der Waals surface area contributed by atoms with Gasteiger partial charge in [-0.2, -0.15) is 15.0 Å². The van der Waals surface area contributed by atoms with Gasteiger partial charge in [0.05, 0.1) is 6.54 Å². The van der Waals surface area contributed by atoms with E-state index in [2.05, 4.69) is 41.2 Å². The molecule has 25 heavy (non-hydrogen) atoms. The average Bonchev–Trinajstić information content (AvgIpc) is 2.56. The van der Waals surface area contributed by atoms with Crippen molar-refractivity contribution in [3.8, 4) is 0 Å². The van der Waals surface area contributed by atoms with Crippen molar-refractivity contribution in [1.82, 2.24) is 19.9 Å². The summed E-state index contributed by atoms with van der Waals surface area (Å²) in [6.45, 7) is 4.14. The zero-order valence-corrected chi connectivity index (χ0v) is 16.6. The van der Waals surface area contributed by atoms with Crippen LogP contribution in [0.15, 0.2) is 22.8 Å². The predicted octanol–water partition coefficient (Wildman–Crippen LogP) is 2.29. The molecular formula is C16H22BrN7O. The van der Waals surface area contributed by atoms with Crippen molar-refractivity contribution in [3.05, 3.63) is 28.6 Å². The number of likely N-dealkylation sites (N-methyl/N-ethyl adjacent to an activating group) is 1. The van der Waals surface area contributed by atoms with Gasteiger partial charge in [-0.05, 0) is 28.1 Å². The fraction of sp³-hybridized carbons (Fsp3) is 0.438. The number of rotatable bonds is 6. The molecule has 0 aliphatic rings. The molecular weight excluding hydrogens is 386 g/mol. The van der Waals surface area contributed by atoms with Crippen LogP contribution in [0, 0.1) is 0 Å². The third-order valence-corrected chi connectivity index (χ3v) is 3.73. The molecule has 0 saturated carbocycles. The van der Waals surface area contributed by atoms with Crippen molar-refractivity contribution >= 4 is 39.6 Å². The first kappa shape index (κ1) is 19.0. The summed E-state index contributed by atoms with van der Waals surface area (Å²) < 4.78 is 0.852. The number of nitrogens with zero attached hydrogens (tertiary/aromatic N) is 6. The Morgan fingerprint density at radius 3 is 2.40 bits per heavy atom. The highest BCUT2D eigenvalue weighted by atomic mass is 79.9. The molecule has 0 spiro atoms. The van der Waals surface area contributed by atoms with Gasteiger partial charge in [0.15, 0.2) is 0 Å². The van der Waals surface area contributed by atoms with Gasteiger partial charge in [0.2, 0.25) is 17.8 Å². The minimum absolute atomic E-state index is 0.103. The summed E-state index contributed by atoms with van der Waals surface area (Å²) >= 11 is 3.31. The molecule has 0 bridgehead atoms. The lowest BCUT2D eigenvalue weighted by molar-refractivity contribution is -0.115. The average molecular weight is 408 g/mol. The zero-order valence-electron chi connectivity index (χ0n) is 15.0. The van der Waals surface area contributed by atoms with E-state index in [1.165, 1.54) is 0 Å². The maximum Gasteiger partial charge on any atom is 0.245 e. The highest BCUT2D eigenvalue weighted by Crippen LogP contribution is 2.17. The Hall–Kier alpha value is -2.29. The van der Waals surface area contributed by atoms with Crippen LogP contribution >= 0.6 is 15.9 Å². The summed E-state index contributed by atoms with van der Waals surface area (Å²) in [6, 6.07) is 3.54. The van der Waals surface area contributed by atoms with Crippen molar-refractivity contribution in [2.24, 2.45) is 0 Å². The summed E-state index contributed by atoms with van der Waals surface area (Å²) in [5, 5.41) is 2.75. The summed E-state index contributed by atoms with van der Waals surface area (Å²) in [5.41, 5.74) is 0. The molecule has 2 heterocycles. The van der Waals surface area contributed by atoms with E-state index in [1.807, 2.05) is 38.9 Å². The van der Waals surface area contributed by atoms with Gasteiger partial charge in [0.1, 0.15) is 11.6 Å². The lowest BCUT2D eigenvalue weighted by atomic mass is 10.2. The van der Waals surface area contributed by atoms with E-state index in [-0.39, 0.29) is 18.4 Å². The molecule has 2 aromatic rings. The van der Waals surface area contributed by atoms with E-state index >= 15 is 0 Å².